The number of likely N-dealkylation sites (tertiary alicyclic amines) is 1. The minimum atomic E-state index is -0.0552. The molecule has 3 rings (SSSR count). The zero-order valence-corrected chi connectivity index (χ0v) is 13.1. The van der Waals surface area contributed by atoms with Gasteiger partial charge < -0.3 is 14.4 Å². The fraction of sp³-hybridized carbons (Fsp3) is 0.400. The zero-order chi connectivity index (χ0) is 15.4. The molecule has 1 saturated heterocycles. The highest BCUT2D eigenvalue weighted by Crippen LogP contribution is 2.20. The Morgan fingerprint density at radius 3 is 2.82 bits per heavy atom. The van der Waals surface area contributed by atoms with Crippen molar-refractivity contribution in [3.8, 4) is 11.8 Å². The summed E-state index contributed by atoms with van der Waals surface area (Å²) < 4.78 is 10.8. The van der Waals surface area contributed by atoms with Gasteiger partial charge in [0, 0.05) is 18.7 Å². The van der Waals surface area contributed by atoms with Gasteiger partial charge in [0.15, 0.2) is 0 Å². The molecule has 2 aromatic heterocycles. The van der Waals surface area contributed by atoms with Crippen molar-refractivity contribution >= 4 is 17.2 Å². The minimum Gasteiger partial charge on any atom is -0.480 e. The van der Waals surface area contributed by atoms with Gasteiger partial charge in [-0.3, -0.25) is 4.79 Å². The van der Waals surface area contributed by atoms with E-state index < -0.39 is 0 Å². The number of hydrogen-bond acceptors (Lipinski definition) is 6. The lowest BCUT2D eigenvalue weighted by atomic mass is 10.1. The Bertz CT molecular complexity index is 615. The average Bonchev–Trinajstić information content (AvgIpc) is 3.09. The molecule has 1 aliphatic rings. The van der Waals surface area contributed by atoms with Crippen LogP contribution in [-0.2, 0) is 0 Å². The number of rotatable bonds is 4. The largest absolute Gasteiger partial charge is 0.480 e. The van der Waals surface area contributed by atoms with Gasteiger partial charge in [-0.2, -0.15) is 0 Å². The fourth-order valence-electron chi connectivity index (χ4n) is 2.43. The van der Waals surface area contributed by atoms with E-state index in [2.05, 4.69) is 10.2 Å². The van der Waals surface area contributed by atoms with Gasteiger partial charge in [-0.05, 0) is 24.3 Å². The average molecular weight is 319 g/mol. The predicted octanol–water partition coefficient (Wildman–Crippen LogP) is 2.23. The maximum absolute atomic E-state index is 12.4. The van der Waals surface area contributed by atoms with Crippen LogP contribution in [0, 0.1) is 0 Å². The first-order valence-electron chi connectivity index (χ1n) is 7.13. The van der Waals surface area contributed by atoms with Crippen LogP contribution in [0.25, 0.3) is 0 Å². The van der Waals surface area contributed by atoms with E-state index in [9.17, 15) is 4.79 Å². The maximum atomic E-state index is 12.4. The van der Waals surface area contributed by atoms with E-state index in [1.54, 1.807) is 19.2 Å². The number of amides is 1. The van der Waals surface area contributed by atoms with Crippen LogP contribution in [0.4, 0.5) is 0 Å². The lowest BCUT2D eigenvalue weighted by Crippen LogP contribution is -2.44. The third-order valence-corrected chi connectivity index (χ3v) is 4.37. The van der Waals surface area contributed by atoms with Gasteiger partial charge in [-0.15, -0.1) is 21.5 Å². The Morgan fingerprint density at radius 2 is 2.14 bits per heavy atom. The summed E-state index contributed by atoms with van der Waals surface area (Å²) in [5.41, 5.74) is 0. The lowest BCUT2D eigenvalue weighted by Gasteiger charge is -2.32. The number of aromatic nitrogens is 2. The Morgan fingerprint density at radius 1 is 1.32 bits per heavy atom. The van der Waals surface area contributed by atoms with Crippen LogP contribution in [0.2, 0.25) is 0 Å². The molecular formula is C15H17N3O3S. The molecule has 0 aliphatic carbocycles. The number of carbonyl (C=O) groups is 1. The molecule has 3 heterocycles. The van der Waals surface area contributed by atoms with Gasteiger partial charge in [0.05, 0.1) is 18.5 Å². The molecule has 0 radical (unpaired) electrons. The fourth-order valence-corrected chi connectivity index (χ4v) is 3.12. The molecule has 2 aromatic rings. The Hall–Kier alpha value is -2.15. The third kappa shape index (κ3) is 3.36. The molecule has 1 unspecified atom stereocenters. The van der Waals surface area contributed by atoms with Crippen molar-refractivity contribution in [1.82, 2.24) is 15.1 Å². The molecule has 1 aliphatic heterocycles. The van der Waals surface area contributed by atoms with E-state index in [4.69, 9.17) is 9.47 Å². The van der Waals surface area contributed by atoms with Crippen molar-refractivity contribution in [3.05, 3.63) is 34.5 Å². The number of carbonyl (C=O) groups excluding carboxylic acids is 1. The summed E-state index contributed by atoms with van der Waals surface area (Å²) >= 11 is 1.47. The highest BCUT2D eigenvalue weighted by molar-refractivity contribution is 7.12. The molecule has 0 saturated carbocycles. The van der Waals surface area contributed by atoms with E-state index in [0.717, 1.165) is 24.3 Å². The zero-order valence-electron chi connectivity index (χ0n) is 12.3. The van der Waals surface area contributed by atoms with Gasteiger partial charge in [0.25, 0.3) is 5.91 Å². The number of thiophene rings is 1. The molecule has 6 nitrogen and oxygen atoms in total. The number of ether oxygens (including phenoxy) is 2. The summed E-state index contributed by atoms with van der Waals surface area (Å²) in [6.45, 7) is 1.34. The second-order valence-corrected chi connectivity index (χ2v) is 5.97. The van der Waals surface area contributed by atoms with E-state index in [1.165, 1.54) is 11.3 Å². The number of methoxy groups -OCH3 is 1. The van der Waals surface area contributed by atoms with Crippen LogP contribution in [0.5, 0.6) is 11.8 Å². The quantitative estimate of drug-likeness (QED) is 0.864. The van der Waals surface area contributed by atoms with Crippen molar-refractivity contribution in [2.24, 2.45) is 0 Å². The van der Waals surface area contributed by atoms with Crippen LogP contribution in [0.1, 0.15) is 22.5 Å². The van der Waals surface area contributed by atoms with E-state index in [-0.39, 0.29) is 12.0 Å². The second-order valence-electron chi connectivity index (χ2n) is 5.02. The maximum Gasteiger partial charge on any atom is 0.264 e. The second kappa shape index (κ2) is 6.74. The van der Waals surface area contributed by atoms with Crippen LogP contribution < -0.4 is 9.47 Å². The first kappa shape index (κ1) is 14.8. The van der Waals surface area contributed by atoms with Crippen molar-refractivity contribution in [2.45, 2.75) is 18.9 Å². The SMILES string of the molecule is COc1ccc(OC2CCCN(C(=O)c3cccs3)C2)nn1. The first-order chi connectivity index (χ1) is 10.8. The standard InChI is InChI=1S/C15H17N3O3S/c1-20-13-6-7-14(17-16-13)21-11-4-2-8-18(10-11)15(19)12-5-3-9-22-12/h3,5-7,9,11H,2,4,8,10H2,1H3. The van der Waals surface area contributed by atoms with Crippen LogP contribution in [0.15, 0.2) is 29.6 Å². The van der Waals surface area contributed by atoms with Crippen LogP contribution in [-0.4, -0.2) is 47.3 Å². The van der Waals surface area contributed by atoms with Gasteiger partial charge in [-0.1, -0.05) is 6.07 Å². The minimum absolute atomic E-state index is 0.0552. The van der Waals surface area contributed by atoms with Crippen LogP contribution >= 0.6 is 11.3 Å². The molecule has 116 valence electrons. The van der Waals surface area contributed by atoms with Crippen LogP contribution in [0.3, 0.4) is 0 Å². The Kier molecular flexibility index (Phi) is 4.53. The molecule has 22 heavy (non-hydrogen) atoms. The third-order valence-electron chi connectivity index (χ3n) is 3.51. The summed E-state index contributed by atoms with van der Waals surface area (Å²) in [5.74, 6) is 0.978. The molecule has 1 fully saturated rings. The Balaban J connectivity index is 1.61. The van der Waals surface area contributed by atoms with Crippen molar-refractivity contribution in [2.75, 3.05) is 20.2 Å². The molecule has 0 spiro atoms. The normalized spacial score (nSPS) is 18.0. The van der Waals surface area contributed by atoms with Gasteiger partial charge in [0.2, 0.25) is 11.8 Å². The van der Waals surface area contributed by atoms with Gasteiger partial charge in [0.1, 0.15) is 6.10 Å². The summed E-state index contributed by atoms with van der Waals surface area (Å²) in [5, 5.41) is 9.76. The monoisotopic (exact) mass is 319 g/mol. The molecule has 0 aromatic carbocycles. The summed E-state index contributed by atoms with van der Waals surface area (Å²) in [4.78, 5) is 15.0. The van der Waals surface area contributed by atoms with Gasteiger partial charge >= 0.3 is 0 Å². The molecule has 0 bridgehead atoms. The predicted molar refractivity (Wildman–Crippen MR) is 82.5 cm³/mol. The van der Waals surface area contributed by atoms with Gasteiger partial charge in [-0.25, -0.2) is 0 Å². The van der Waals surface area contributed by atoms with E-state index in [0.29, 0.717) is 18.3 Å². The van der Waals surface area contributed by atoms with E-state index >= 15 is 0 Å². The van der Waals surface area contributed by atoms with Crippen molar-refractivity contribution < 1.29 is 14.3 Å². The summed E-state index contributed by atoms with van der Waals surface area (Å²) in [6.07, 6.45) is 1.77. The molecular weight excluding hydrogens is 302 g/mol. The topological polar surface area (TPSA) is 64.6 Å². The molecule has 7 heteroatoms. The lowest BCUT2D eigenvalue weighted by molar-refractivity contribution is 0.0529. The van der Waals surface area contributed by atoms with E-state index in [1.807, 2.05) is 22.4 Å². The summed E-state index contributed by atoms with van der Waals surface area (Å²) in [7, 11) is 1.54. The first-order valence-corrected chi connectivity index (χ1v) is 8.01. The highest BCUT2D eigenvalue weighted by atomic mass is 32.1. The smallest absolute Gasteiger partial charge is 0.264 e. The Labute approximate surface area is 132 Å². The highest BCUT2D eigenvalue weighted by Gasteiger charge is 2.26. The summed E-state index contributed by atoms with van der Waals surface area (Å²) in [6, 6.07) is 7.18. The van der Waals surface area contributed by atoms with Crippen molar-refractivity contribution in [3.63, 3.8) is 0 Å². The molecule has 1 amide bonds. The molecule has 0 N–H and O–H groups in total. The number of nitrogens with zero attached hydrogens (tertiary/aromatic N) is 3. The number of piperidine rings is 1. The van der Waals surface area contributed by atoms with Crippen molar-refractivity contribution in [1.29, 1.82) is 0 Å². The number of hydrogen-bond donors (Lipinski definition) is 0. The molecule has 1 atom stereocenters.